The predicted octanol–water partition coefficient (Wildman–Crippen LogP) is 12.9. The van der Waals surface area contributed by atoms with E-state index in [-0.39, 0.29) is 38.1 Å². The lowest BCUT2D eigenvalue weighted by molar-refractivity contribution is -0.870. The van der Waals surface area contributed by atoms with Crippen molar-refractivity contribution in [1.82, 2.24) is 0 Å². The topological polar surface area (TPSA) is 137 Å². The Morgan fingerprint density at radius 1 is 0.459 bits per heavy atom. The lowest BCUT2D eigenvalue weighted by Gasteiger charge is -2.28. The van der Waals surface area contributed by atoms with Gasteiger partial charge in [0.05, 0.1) is 27.7 Å². The molecule has 0 amide bonds. The molecule has 12 heteroatoms. The van der Waals surface area contributed by atoms with Crippen molar-refractivity contribution >= 4 is 25.7 Å². The molecule has 0 aromatic carbocycles. The van der Waals surface area contributed by atoms with Gasteiger partial charge in [0.25, 0.3) is 7.82 Å². The summed E-state index contributed by atoms with van der Waals surface area (Å²) in [6, 6.07) is 0. The summed E-state index contributed by atoms with van der Waals surface area (Å²) in [4.78, 5) is 50.6. The number of likely N-dealkylation sites (N-methyl/N-ethyl adjacent to an activating group) is 1. The van der Waals surface area contributed by atoms with E-state index in [0.29, 0.717) is 36.7 Å². The third kappa shape index (κ3) is 43.5. The Balaban J connectivity index is 4.70. The minimum Gasteiger partial charge on any atom is -0.756 e. The number of hydrogen-bond acceptors (Lipinski definition) is 10. The van der Waals surface area contributed by atoms with Crippen LogP contribution >= 0.6 is 7.82 Å². The number of rotatable bonds is 46. The zero-order chi connectivity index (χ0) is 45.3. The van der Waals surface area contributed by atoms with Gasteiger partial charge in [0, 0.05) is 19.3 Å². The van der Waals surface area contributed by atoms with Gasteiger partial charge in [-0.25, -0.2) is 0 Å². The van der Waals surface area contributed by atoms with Crippen LogP contribution in [0.3, 0.4) is 0 Å². The molecule has 61 heavy (non-hydrogen) atoms. The second-order valence-corrected chi connectivity index (χ2v) is 19.9. The molecule has 0 bridgehead atoms. The molecule has 0 aliphatic heterocycles. The number of phosphoric acid groups is 1. The van der Waals surface area contributed by atoms with Crippen molar-refractivity contribution in [3.05, 3.63) is 0 Å². The molecule has 0 radical (unpaired) electrons. The van der Waals surface area contributed by atoms with Gasteiger partial charge >= 0.3 is 17.9 Å². The molecule has 0 N–H and O–H groups in total. The van der Waals surface area contributed by atoms with Gasteiger partial charge in [-0.2, -0.15) is 0 Å². The van der Waals surface area contributed by atoms with Gasteiger partial charge in [0.15, 0.2) is 6.10 Å². The Morgan fingerprint density at radius 3 is 1.20 bits per heavy atom. The monoisotopic (exact) mass is 890 g/mol. The summed E-state index contributed by atoms with van der Waals surface area (Å²) in [5.74, 6) is -1.08. The van der Waals surface area contributed by atoms with Crippen molar-refractivity contribution in [3.8, 4) is 0 Å². The van der Waals surface area contributed by atoms with Gasteiger partial charge in [0.1, 0.15) is 25.9 Å². The highest BCUT2D eigenvalue weighted by Crippen LogP contribution is 2.38. The molecule has 0 heterocycles. The first-order valence-electron chi connectivity index (χ1n) is 25.3. The van der Waals surface area contributed by atoms with Gasteiger partial charge in [-0.05, 0) is 44.9 Å². The first kappa shape index (κ1) is 59.5. The lowest BCUT2D eigenvalue weighted by Crippen LogP contribution is -2.37. The molecule has 0 aliphatic rings. The number of nitrogens with zero attached hydrogens (tertiary/aromatic N) is 1. The van der Waals surface area contributed by atoms with Crippen LogP contribution in [0.25, 0.3) is 0 Å². The van der Waals surface area contributed by atoms with E-state index in [2.05, 4.69) is 20.8 Å². The maximum Gasteiger partial charge on any atom is 0.306 e. The van der Waals surface area contributed by atoms with E-state index in [1.165, 1.54) is 122 Å². The van der Waals surface area contributed by atoms with Gasteiger partial charge in [-0.3, -0.25) is 18.9 Å². The minimum atomic E-state index is -4.67. The van der Waals surface area contributed by atoms with E-state index in [0.717, 1.165) is 57.8 Å². The first-order valence-corrected chi connectivity index (χ1v) is 26.7. The van der Waals surface area contributed by atoms with Crippen LogP contribution in [-0.2, 0) is 42.2 Å². The minimum absolute atomic E-state index is 0.000133. The Bertz CT molecular complexity index is 1070. The van der Waals surface area contributed by atoms with Gasteiger partial charge in [-0.15, -0.1) is 0 Å². The summed E-state index contributed by atoms with van der Waals surface area (Å²) >= 11 is 0. The second kappa shape index (κ2) is 41.2. The third-order valence-corrected chi connectivity index (χ3v) is 12.2. The second-order valence-electron chi connectivity index (χ2n) is 18.5. The normalized spacial score (nSPS) is 13.3. The molecular formula is C49H96NO10P. The number of carbonyl (C=O) groups is 3. The maximum absolute atomic E-state index is 12.8. The van der Waals surface area contributed by atoms with Crippen LogP contribution in [0, 0.1) is 0 Å². The van der Waals surface area contributed by atoms with Crippen LogP contribution in [0.2, 0.25) is 0 Å². The summed E-state index contributed by atoms with van der Waals surface area (Å²) in [5.41, 5.74) is 0. The molecule has 0 aromatic heterocycles. The van der Waals surface area contributed by atoms with E-state index >= 15 is 0 Å². The van der Waals surface area contributed by atoms with Crippen molar-refractivity contribution in [2.24, 2.45) is 0 Å². The van der Waals surface area contributed by atoms with Crippen LogP contribution in [0.1, 0.15) is 239 Å². The first-order chi connectivity index (χ1) is 29.3. The summed E-state index contributed by atoms with van der Waals surface area (Å²) in [5, 5.41) is 0. The summed E-state index contributed by atoms with van der Waals surface area (Å²) in [6.45, 7) is 6.28. The Kier molecular flexibility index (Phi) is 40.2. The highest BCUT2D eigenvalue weighted by Gasteiger charge is 2.22. The third-order valence-electron chi connectivity index (χ3n) is 11.2. The van der Waals surface area contributed by atoms with E-state index in [4.69, 9.17) is 23.3 Å². The standard InChI is InChI=1S/C49H96NO10P/c1-7-10-13-16-19-20-21-22-23-24-25-28-33-38-47(51)56-43-46(44-58-61(54,55)57-42-41-50(4,5)6)60-49(53)40-35-30-29-34-39-48(52)59-45(36-31-26-17-14-11-8-2)37-32-27-18-15-12-9-3/h45-46H,7-44H2,1-6H3/t46-/m0/s1. The van der Waals surface area contributed by atoms with Crippen molar-refractivity contribution in [2.45, 2.75) is 251 Å². The molecule has 0 saturated carbocycles. The molecule has 2 atom stereocenters. The molecule has 1 unspecified atom stereocenters. The number of ether oxygens (including phenoxy) is 3. The number of phosphoric ester groups is 1. The average molecular weight is 890 g/mol. The van der Waals surface area contributed by atoms with E-state index in [9.17, 15) is 23.8 Å². The van der Waals surface area contributed by atoms with Crippen molar-refractivity contribution in [3.63, 3.8) is 0 Å². The Labute approximate surface area is 375 Å². The van der Waals surface area contributed by atoms with Crippen LogP contribution in [-0.4, -0.2) is 82.1 Å². The van der Waals surface area contributed by atoms with Gasteiger partial charge in [-0.1, -0.05) is 175 Å². The van der Waals surface area contributed by atoms with Crippen LogP contribution in [0.5, 0.6) is 0 Å². The van der Waals surface area contributed by atoms with E-state index in [1.54, 1.807) is 0 Å². The molecular weight excluding hydrogens is 794 g/mol. The van der Waals surface area contributed by atoms with Crippen LogP contribution in [0.4, 0.5) is 0 Å². The number of unbranched alkanes of at least 4 members (excludes halogenated alkanes) is 25. The van der Waals surface area contributed by atoms with Gasteiger partial charge in [0.2, 0.25) is 0 Å². The zero-order valence-electron chi connectivity index (χ0n) is 40.5. The van der Waals surface area contributed by atoms with E-state index < -0.39 is 32.5 Å². The quantitative estimate of drug-likeness (QED) is 0.0191. The van der Waals surface area contributed by atoms with Crippen LogP contribution in [0.15, 0.2) is 0 Å². The Hall–Kier alpha value is -1.52. The van der Waals surface area contributed by atoms with Crippen molar-refractivity contribution < 1.29 is 51.6 Å². The highest BCUT2D eigenvalue weighted by molar-refractivity contribution is 7.45. The number of esters is 3. The average Bonchev–Trinajstić information content (AvgIpc) is 3.20. The molecule has 0 spiro atoms. The molecule has 362 valence electrons. The van der Waals surface area contributed by atoms with Crippen molar-refractivity contribution in [1.29, 1.82) is 0 Å². The summed E-state index contributed by atoms with van der Waals surface area (Å²) in [6.07, 6.45) is 34.6. The predicted molar refractivity (Wildman–Crippen MR) is 247 cm³/mol. The fourth-order valence-corrected chi connectivity index (χ4v) is 7.98. The van der Waals surface area contributed by atoms with E-state index in [1.807, 2.05) is 21.1 Å². The SMILES string of the molecule is CCCCCCCCCCCCCCCC(=O)OC[C@@H](COP(=O)([O-])OCC[N+](C)(C)C)OC(=O)CCCCCCC(=O)OC(CCCCCCCC)CCCCCCCC. The van der Waals surface area contributed by atoms with Crippen LogP contribution < -0.4 is 4.89 Å². The maximum atomic E-state index is 12.8. The highest BCUT2D eigenvalue weighted by atomic mass is 31.2. The molecule has 11 nitrogen and oxygen atoms in total. The smallest absolute Gasteiger partial charge is 0.306 e. The summed E-state index contributed by atoms with van der Waals surface area (Å²) < 4.78 is 40.0. The number of hydrogen-bond donors (Lipinski definition) is 0. The van der Waals surface area contributed by atoms with Gasteiger partial charge < -0.3 is 32.6 Å². The number of quaternary nitrogens is 1. The molecule has 0 aromatic rings. The zero-order valence-corrected chi connectivity index (χ0v) is 41.4. The summed E-state index contributed by atoms with van der Waals surface area (Å²) in [7, 11) is 1.08. The fourth-order valence-electron chi connectivity index (χ4n) is 7.25. The molecule has 0 aliphatic carbocycles. The lowest BCUT2D eigenvalue weighted by atomic mass is 10.0. The molecule has 0 saturated heterocycles. The fraction of sp³-hybridized carbons (Fsp3) is 0.939. The molecule has 0 fully saturated rings. The number of carbonyl (C=O) groups excluding carboxylic acids is 3. The Morgan fingerprint density at radius 2 is 0.803 bits per heavy atom. The largest absolute Gasteiger partial charge is 0.756 e. The molecule has 0 rings (SSSR count). The van der Waals surface area contributed by atoms with Crippen molar-refractivity contribution in [2.75, 3.05) is 47.5 Å².